The average molecular weight is 353 g/mol. The van der Waals surface area contributed by atoms with Gasteiger partial charge in [0.25, 0.3) is 11.5 Å². The summed E-state index contributed by atoms with van der Waals surface area (Å²) < 4.78 is 6.85. The number of nitrogens with one attached hydrogen (secondary N) is 2. The molecule has 8 heteroatoms. The van der Waals surface area contributed by atoms with Crippen LogP contribution in [0.2, 0.25) is 0 Å². The minimum atomic E-state index is -0.346. The lowest BCUT2D eigenvalue weighted by Gasteiger charge is -2.09. The number of hydrogen-bond donors (Lipinski definition) is 2. The van der Waals surface area contributed by atoms with Gasteiger partial charge in [0.2, 0.25) is 5.95 Å². The predicted octanol–water partition coefficient (Wildman–Crippen LogP) is 1.90. The molecule has 134 valence electrons. The molecule has 0 bridgehead atoms. The van der Waals surface area contributed by atoms with Gasteiger partial charge in [0.1, 0.15) is 11.6 Å². The van der Waals surface area contributed by atoms with E-state index in [2.05, 4.69) is 20.4 Å². The molecule has 26 heavy (non-hydrogen) atoms. The van der Waals surface area contributed by atoms with Crippen LogP contribution in [-0.4, -0.2) is 32.3 Å². The summed E-state index contributed by atoms with van der Waals surface area (Å²) in [6, 6.07) is 10.5. The number of ether oxygens (including phenoxy) is 1. The highest BCUT2D eigenvalue weighted by atomic mass is 16.5. The van der Waals surface area contributed by atoms with Crippen LogP contribution in [-0.2, 0) is 4.79 Å². The van der Waals surface area contributed by atoms with E-state index >= 15 is 0 Å². The summed E-state index contributed by atoms with van der Waals surface area (Å²) in [7, 11) is 0. The highest BCUT2D eigenvalue weighted by Gasteiger charge is 2.13. The normalized spacial score (nSPS) is 10.6. The number of benzene rings is 1. The molecule has 0 saturated heterocycles. The molecule has 0 aliphatic carbocycles. The fourth-order valence-corrected chi connectivity index (χ4v) is 2.38. The van der Waals surface area contributed by atoms with Gasteiger partial charge in [-0.15, -0.1) is 0 Å². The number of rotatable bonds is 5. The number of H-pyrrole nitrogens is 1. The van der Waals surface area contributed by atoms with Crippen LogP contribution in [0.3, 0.4) is 0 Å². The molecule has 0 unspecified atom stereocenters. The van der Waals surface area contributed by atoms with Crippen molar-refractivity contribution in [2.45, 2.75) is 20.8 Å². The molecule has 8 nitrogen and oxygen atoms in total. The second-order valence-electron chi connectivity index (χ2n) is 5.94. The molecule has 1 aromatic carbocycles. The zero-order valence-corrected chi connectivity index (χ0v) is 14.7. The van der Waals surface area contributed by atoms with Crippen molar-refractivity contribution in [3.05, 3.63) is 63.7 Å². The largest absolute Gasteiger partial charge is 0.484 e. The fraction of sp³-hybridized carbons (Fsp3) is 0.222. The zero-order chi connectivity index (χ0) is 18.7. The molecule has 3 rings (SSSR count). The van der Waals surface area contributed by atoms with Gasteiger partial charge in [-0.2, -0.15) is 9.78 Å². The van der Waals surface area contributed by atoms with Crippen LogP contribution >= 0.6 is 0 Å². The van der Waals surface area contributed by atoms with Crippen molar-refractivity contribution in [1.82, 2.24) is 19.7 Å². The molecular weight excluding hydrogens is 334 g/mol. The van der Waals surface area contributed by atoms with Crippen molar-refractivity contribution in [1.29, 1.82) is 0 Å². The average Bonchev–Trinajstić information content (AvgIpc) is 2.94. The number of amides is 1. The summed E-state index contributed by atoms with van der Waals surface area (Å²) in [6.07, 6.45) is 0. The van der Waals surface area contributed by atoms with Gasteiger partial charge < -0.3 is 10.1 Å². The number of aryl methyl sites for hydroxylation is 3. The maximum Gasteiger partial charge on any atom is 0.263 e. The van der Waals surface area contributed by atoms with Gasteiger partial charge in [0, 0.05) is 17.8 Å². The summed E-state index contributed by atoms with van der Waals surface area (Å²) in [5.41, 5.74) is 2.04. The number of carbonyl (C=O) groups is 1. The number of aromatic amines is 1. The van der Waals surface area contributed by atoms with E-state index in [1.54, 1.807) is 32.0 Å². The quantitative estimate of drug-likeness (QED) is 0.729. The van der Waals surface area contributed by atoms with Crippen molar-refractivity contribution in [3.63, 3.8) is 0 Å². The Hall–Kier alpha value is -3.42. The Balaban J connectivity index is 1.74. The van der Waals surface area contributed by atoms with Crippen LogP contribution in [0.15, 0.2) is 41.2 Å². The monoisotopic (exact) mass is 353 g/mol. The highest BCUT2D eigenvalue weighted by Crippen LogP contribution is 2.15. The molecule has 3 aromatic rings. The maximum absolute atomic E-state index is 12.2. The lowest BCUT2D eigenvalue weighted by atomic mass is 10.2. The van der Waals surface area contributed by atoms with Gasteiger partial charge in [-0.05, 0) is 32.9 Å². The third-order valence-corrected chi connectivity index (χ3v) is 3.55. The van der Waals surface area contributed by atoms with Gasteiger partial charge in [-0.1, -0.05) is 17.7 Å². The smallest absolute Gasteiger partial charge is 0.263 e. The first-order valence-corrected chi connectivity index (χ1v) is 8.05. The van der Waals surface area contributed by atoms with E-state index in [1.807, 2.05) is 19.1 Å². The van der Waals surface area contributed by atoms with Crippen molar-refractivity contribution in [2.75, 3.05) is 11.9 Å². The Bertz CT molecular complexity index is 989. The molecule has 2 heterocycles. The number of nitrogens with zero attached hydrogens (tertiary/aromatic N) is 3. The first-order chi connectivity index (χ1) is 12.4. The van der Waals surface area contributed by atoms with E-state index in [0.717, 1.165) is 5.56 Å². The molecule has 2 aromatic heterocycles. The Morgan fingerprint density at radius 2 is 1.88 bits per heavy atom. The topological polar surface area (TPSA) is 102 Å². The van der Waals surface area contributed by atoms with Crippen LogP contribution in [0.1, 0.15) is 17.0 Å². The Labute approximate surface area is 149 Å². The highest BCUT2D eigenvalue weighted by molar-refractivity contribution is 5.91. The first kappa shape index (κ1) is 17.4. The third-order valence-electron chi connectivity index (χ3n) is 3.55. The van der Waals surface area contributed by atoms with E-state index in [0.29, 0.717) is 23.0 Å². The number of carbonyl (C=O) groups excluding carboxylic acids is 1. The predicted molar refractivity (Wildman–Crippen MR) is 96.8 cm³/mol. The van der Waals surface area contributed by atoms with Gasteiger partial charge in [-0.3, -0.25) is 14.6 Å². The Morgan fingerprint density at radius 3 is 2.58 bits per heavy atom. The van der Waals surface area contributed by atoms with Crippen LogP contribution in [0.5, 0.6) is 5.75 Å². The van der Waals surface area contributed by atoms with Crippen molar-refractivity contribution in [2.24, 2.45) is 0 Å². The van der Waals surface area contributed by atoms with Crippen LogP contribution in [0.4, 0.5) is 5.82 Å². The molecule has 0 saturated carbocycles. The summed E-state index contributed by atoms with van der Waals surface area (Å²) in [4.78, 5) is 30.7. The molecule has 0 aliphatic rings. The second-order valence-corrected chi connectivity index (χ2v) is 5.94. The molecule has 1 amide bonds. The van der Waals surface area contributed by atoms with Gasteiger partial charge in [0.05, 0.1) is 5.69 Å². The molecule has 2 N–H and O–H groups in total. The molecule has 0 atom stereocenters. The maximum atomic E-state index is 12.2. The molecule has 0 fully saturated rings. The van der Waals surface area contributed by atoms with E-state index < -0.39 is 0 Å². The SMILES string of the molecule is Cc1ccc(OCC(=O)Nc2cc(C)nn2-c2nc(C)cc(=O)[nH]2)cc1. The minimum absolute atomic E-state index is 0.148. The summed E-state index contributed by atoms with van der Waals surface area (Å²) in [5.74, 6) is 0.897. The summed E-state index contributed by atoms with van der Waals surface area (Å²) >= 11 is 0. The summed E-state index contributed by atoms with van der Waals surface area (Å²) in [6.45, 7) is 5.32. The Morgan fingerprint density at radius 1 is 1.15 bits per heavy atom. The lowest BCUT2D eigenvalue weighted by Crippen LogP contribution is -2.23. The summed E-state index contributed by atoms with van der Waals surface area (Å²) in [5, 5.41) is 7.00. The van der Waals surface area contributed by atoms with Gasteiger partial charge >= 0.3 is 0 Å². The number of aromatic nitrogens is 4. The van der Waals surface area contributed by atoms with Crippen LogP contribution in [0, 0.1) is 20.8 Å². The second kappa shape index (κ2) is 7.22. The van der Waals surface area contributed by atoms with E-state index in [-0.39, 0.29) is 24.0 Å². The fourth-order valence-electron chi connectivity index (χ4n) is 2.38. The van der Waals surface area contributed by atoms with Gasteiger partial charge in [0.15, 0.2) is 6.61 Å². The molecule has 0 spiro atoms. The standard InChI is InChI=1S/C18H19N5O3/c1-11-4-6-14(7-5-11)26-10-17(25)20-15-8-13(3)22-23(15)18-19-12(2)9-16(24)21-18/h4-9H,10H2,1-3H3,(H,20,25)(H,19,21,24). The van der Waals surface area contributed by atoms with Crippen LogP contribution < -0.4 is 15.6 Å². The van der Waals surface area contributed by atoms with Crippen molar-refractivity contribution < 1.29 is 9.53 Å². The van der Waals surface area contributed by atoms with Crippen LogP contribution in [0.25, 0.3) is 5.95 Å². The molecule has 0 aliphatic heterocycles. The Kier molecular flexibility index (Phi) is 4.83. The third kappa shape index (κ3) is 4.15. The minimum Gasteiger partial charge on any atom is -0.484 e. The van der Waals surface area contributed by atoms with Crippen molar-refractivity contribution >= 4 is 11.7 Å². The van der Waals surface area contributed by atoms with E-state index in [9.17, 15) is 9.59 Å². The first-order valence-electron chi connectivity index (χ1n) is 8.05. The number of hydrogen-bond acceptors (Lipinski definition) is 5. The number of anilines is 1. The zero-order valence-electron chi connectivity index (χ0n) is 14.7. The van der Waals surface area contributed by atoms with Crippen molar-refractivity contribution in [3.8, 4) is 11.7 Å². The van der Waals surface area contributed by atoms with E-state index in [1.165, 1.54) is 10.7 Å². The lowest BCUT2D eigenvalue weighted by molar-refractivity contribution is -0.118. The van der Waals surface area contributed by atoms with E-state index in [4.69, 9.17) is 4.74 Å². The molecule has 0 radical (unpaired) electrons. The molecular formula is C18H19N5O3. The van der Waals surface area contributed by atoms with Gasteiger partial charge in [-0.25, -0.2) is 4.98 Å².